The fraction of sp³-hybridized carbons (Fsp3) is 0.400. The quantitative estimate of drug-likeness (QED) is 0.585. The van der Waals surface area contributed by atoms with Gasteiger partial charge in [0.1, 0.15) is 11.5 Å². The van der Waals surface area contributed by atoms with Crippen LogP contribution in [0.4, 0.5) is 4.39 Å². The van der Waals surface area contributed by atoms with Crippen molar-refractivity contribution in [2.45, 2.75) is 32.4 Å². The van der Waals surface area contributed by atoms with Crippen LogP contribution in [0, 0.1) is 5.82 Å². The number of carbonyl (C=O) groups excluding carboxylic acids is 1. The van der Waals surface area contributed by atoms with E-state index in [9.17, 15) is 9.18 Å². The van der Waals surface area contributed by atoms with E-state index >= 15 is 0 Å². The predicted octanol–water partition coefficient (Wildman–Crippen LogP) is 3.71. The Labute approximate surface area is 189 Å². The molecule has 0 radical (unpaired) electrons. The van der Waals surface area contributed by atoms with Crippen molar-refractivity contribution in [3.63, 3.8) is 0 Å². The van der Waals surface area contributed by atoms with Crippen LogP contribution in [0.25, 0.3) is 17.2 Å². The van der Waals surface area contributed by atoms with E-state index in [4.69, 9.17) is 16.1 Å². The number of likely N-dealkylation sites (tertiary alicyclic amines) is 1. The van der Waals surface area contributed by atoms with Crippen LogP contribution in [-0.4, -0.2) is 55.5 Å². The van der Waals surface area contributed by atoms with Crippen molar-refractivity contribution in [2.75, 3.05) is 20.1 Å². The van der Waals surface area contributed by atoms with Crippen LogP contribution < -0.4 is 0 Å². The largest absolute Gasteiger partial charge is 0.337 e. The second-order valence-corrected chi connectivity index (χ2v) is 8.02. The molecule has 0 unspecified atom stereocenters. The molecule has 0 N–H and O–H groups in total. The highest BCUT2D eigenvalue weighted by Gasteiger charge is 2.31. The molecule has 3 aromatic rings. The van der Waals surface area contributed by atoms with Crippen molar-refractivity contribution in [1.82, 2.24) is 29.5 Å². The average molecular weight is 467 g/mol. The number of fused-ring (bicyclic) bond motifs is 3. The lowest BCUT2D eigenvalue weighted by Crippen LogP contribution is -2.29. The molecule has 2 aliphatic heterocycles. The summed E-state index contributed by atoms with van der Waals surface area (Å²) >= 11 is 6.44. The van der Waals surface area contributed by atoms with Gasteiger partial charge in [0.2, 0.25) is 17.0 Å². The highest BCUT2D eigenvalue weighted by Crippen LogP contribution is 2.33. The second-order valence-electron chi connectivity index (χ2n) is 7.68. The second kappa shape index (κ2) is 8.57. The van der Waals surface area contributed by atoms with E-state index in [-0.39, 0.29) is 35.7 Å². The minimum Gasteiger partial charge on any atom is -0.337 e. The molecule has 0 spiro atoms. The molecule has 0 atom stereocenters. The summed E-state index contributed by atoms with van der Waals surface area (Å²) in [5.74, 6) is 0.0550. The minimum absolute atomic E-state index is 0. The van der Waals surface area contributed by atoms with Crippen LogP contribution in [0.2, 0.25) is 5.28 Å². The molecule has 1 aromatic carbocycles. The normalized spacial score (nSPS) is 16.5. The zero-order valence-corrected chi connectivity index (χ0v) is 18.4. The van der Waals surface area contributed by atoms with Gasteiger partial charge in [0, 0.05) is 7.05 Å². The molecule has 164 valence electrons. The number of hydrogen-bond acceptors (Lipinski definition) is 6. The molecule has 2 aliphatic rings. The molecule has 4 heterocycles. The molecule has 8 nitrogen and oxygen atoms in total. The summed E-state index contributed by atoms with van der Waals surface area (Å²) in [7, 11) is 1.65. The zero-order valence-electron chi connectivity index (χ0n) is 16.8. The van der Waals surface area contributed by atoms with Gasteiger partial charge in [-0.25, -0.2) is 9.37 Å². The van der Waals surface area contributed by atoms with Gasteiger partial charge in [-0.3, -0.25) is 14.3 Å². The summed E-state index contributed by atoms with van der Waals surface area (Å²) in [5.41, 5.74) is 1.79. The fourth-order valence-corrected chi connectivity index (χ4v) is 4.37. The van der Waals surface area contributed by atoms with Crippen molar-refractivity contribution in [3.8, 4) is 17.2 Å². The van der Waals surface area contributed by atoms with E-state index in [0.29, 0.717) is 35.3 Å². The lowest BCUT2D eigenvalue weighted by molar-refractivity contribution is 0.0787. The Bertz CT molecular complexity index is 1130. The van der Waals surface area contributed by atoms with Crippen molar-refractivity contribution in [3.05, 3.63) is 46.4 Å². The zero-order chi connectivity index (χ0) is 20.8. The molecule has 0 aliphatic carbocycles. The molecule has 0 saturated carbocycles. The summed E-state index contributed by atoms with van der Waals surface area (Å²) in [5, 5.41) is 4.26. The van der Waals surface area contributed by atoms with Crippen LogP contribution in [-0.2, 0) is 13.1 Å². The molecule has 1 fully saturated rings. The first-order valence-corrected chi connectivity index (χ1v) is 10.3. The third-order valence-electron chi connectivity index (χ3n) is 5.58. The average Bonchev–Trinajstić information content (AvgIpc) is 3.30. The third-order valence-corrected chi connectivity index (χ3v) is 5.84. The van der Waals surface area contributed by atoms with Crippen molar-refractivity contribution < 1.29 is 13.7 Å². The Morgan fingerprint density at radius 2 is 1.97 bits per heavy atom. The van der Waals surface area contributed by atoms with Gasteiger partial charge in [-0.15, -0.1) is 12.4 Å². The summed E-state index contributed by atoms with van der Waals surface area (Å²) in [6.07, 6.45) is 3.60. The molecular weight excluding hydrogens is 446 g/mol. The van der Waals surface area contributed by atoms with Gasteiger partial charge in [-0.2, -0.15) is 4.98 Å². The number of carbonyl (C=O) groups is 1. The molecule has 11 heteroatoms. The van der Waals surface area contributed by atoms with E-state index in [2.05, 4.69) is 20.0 Å². The van der Waals surface area contributed by atoms with Gasteiger partial charge in [-0.05, 0) is 55.7 Å². The molecule has 31 heavy (non-hydrogen) atoms. The monoisotopic (exact) mass is 466 g/mol. The van der Waals surface area contributed by atoms with Crippen LogP contribution in [0.5, 0.6) is 0 Å². The highest BCUT2D eigenvalue weighted by atomic mass is 35.5. The fourth-order valence-electron chi connectivity index (χ4n) is 4.09. The van der Waals surface area contributed by atoms with Gasteiger partial charge in [0.15, 0.2) is 0 Å². The molecule has 5 rings (SSSR count). The van der Waals surface area contributed by atoms with E-state index in [0.717, 1.165) is 13.1 Å². The van der Waals surface area contributed by atoms with Gasteiger partial charge in [-0.1, -0.05) is 11.6 Å². The summed E-state index contributed by atoms with van der Waals surface area (Å²) in [6, 6.07) is 4.03. The predicted molar refractivity (Wildman–Crippen MR) is 114 cm³/mol. The maximum atomic E-state index is 13.8. The van der Waals surface area contributed by atoms with Crippen molar-refractivity contribution in [1.29, 1.82) is 0 Å². The maximum absolute atomic E-state index is 13.8. The number of nitrogens with zero attached hydrogens (tertiary/aromatic N) is 6. The number of benzene rings is 1. The number of piperidine rings is 1. The van der Waals surface area contributed by atoms with Gasteiger partial charge < -0.3 is 9.42 Å². The van der Waals surface area contributed by atoms with Crippen LogP contribution in [0.15, 0.2) is 22.7 Å². The molecule has 2 aromatic heterocycles. The SMILES string of the molecule is CN1Cc2c(-c3noc(CN4CCCCC4)n3)nc(Cl)n2-c2ccc(F)cc2C1=O.Cl. The summed E-state index contributed by atoms with van der Waals surface area (Å²) in [6.45, 7) is 2.85. The van der Waals surface area contributed by atoms with E-state index in [1.54, 1.807) is 11.6 Å². The van der Waals surface area contributed by atoms with Crippen molar-refractivity contribution >= 4 is 29.9 Å². The van der Waals surface area contributed by atoms with E-state index < -0.39 is 5.82 Å². The Kier molecular flexibility index (Phi) is 6.00. The number of hydrogen-bond donors (Lipinski definition) is 0. The van der Waals surface area contributed by atoms with Crippen molar-refractivity contribution in [2.24, 2.45) is 0 Å². The van der Waals surface area contributed by atoms with Crippen LogP contribution in [0.1, 0.15) is 41.2 Å². The number of halogens is 3. The lowest BCUT2D eigenvalue weighted by atomic mass is 10.1. The minimum atomic E-state index is -0.490. The Morgan fingerprint density at radius 1 is 1.19 bits per heavy atom. The highest BCUT2D eigenvalue weighted by molar-refractivity contribution is 6.29. The molecule has 0 bridgehead atoms. The van der Waals surface area contributed by atoms with Gasteiger partial charge >= 0.3 is 0 Å². The Balaban J connectivity index is 0.00000231. The summed E-state index contributed by atoms with van der Waals surface area (Å²) in [4.78, 5) is 25.5. The Morgan fingerprint density at radius 3 is 2.74 bits per heavy atom. The topological polar surface area (TPSA) is 80.3 Å². The first-order chi connectivity index (χ1) is 14.5. The van der Waals surface area contributed by atoms with E-state index in [1.807, 2.05) is 0 Å². The molecule has 1 saturated heterocycles. The van der Waals surface area contributed by atoms with Crippen LogP contribution >= 0.6 is 24.0 Å². The molecule has 1 amide bonds. The Hall–Kier alpha value is -2.49. The third kappa shape index (κ3) is 3.93. The van der Waals surface area contributed by atoms with E-state index in [1.165, 1.54) is 42.4 Å². The van der Waals surface area contributed by atoms with Gasteiger partial charge in [0.25, 0.3) is 5.91 Å². The first kappa shape index (κ1) is 21.7. The first-order valence-electron chi connectivity index (χ1n) is 9.89. The van der Waals surface area contributed by atoms with Gasteiger partial charge in [0.05, 0.1) is 30.0 Å². The number of rotatable bonds is 3. The lowest BCUT2D eigenvalue weighted by Gasteiger charge is -2.24. The summed E-state index contributed by atoms with van der Waals surface area (Å²) < 4.78 is 20.9. The number of imidazole rings is 1. The smallest absolute Gasteiger partial charge is 0.256 e. The molecular formula is C20H21Cl2FN6O2. The number of amides is 1. The van der Waals surface area contributed by atoms with Crippen LogP contribution in [0.3, 0.4) is 0 Å². The maximum Gasteiger partial charge on any atom is 0.256 e. The standard InChI is InChI=1S/C20H20ClFN6O2.ClH/c1-26-10-15-17(18-23-16(30-25-18)11-27-7-3-2-4-8-27)24-20(21)28(15)14-6-5-12(22)9-13(14)19(26)29;/h5-6,9H,2-4,7-8,10-11H2,1H3;1H. The number of aromatic nitrogens is 4.